The summed E-state index contributed by atoms with van der Waals surface area (Å²) >= 11 is 0. The van der Waals surface area contributed by atoms with Gasteiger partial charge in [0.15, 0.2) is 0 Å². The molecule has 1 unspecified atom stereocenters. The Morgan fingerprint density at radius 3 is 2.78 bits per heavy atom. The van der Waals surface area contributed by atoms with Crippen molar-refractivity contribution in [3.05, 3.63) is 18.0 Å². The molecule has 1 aromatic heterocycles. The second-order valence-electron chi connectivity index (χ2n) is 4.67. The van der Waals surface area contributed by atoms with E-state index in [0.717, 1.165) is 37.8 Å². The van der Waals surface area contributed by atoms with E-state index in [4.69, 9.17) is 0 Å². The van der Waals surface area contributed by atoms with E-state index < -0.39 is 0 Å². The van der Waals surface area contributed by atoms with Crippen LogP contribution in [0.15, 0.2) is 12.4 Å². The Bertz CT molecular complexity index is 360. The Morgan fingerprint density at radius 1 is 1.44 bits per heavy atom. The molecule has 0 spiro atoms. The summed E-state index contributed by atoms with van der Waals surface area (Å²) in [6, 6.07) is 0. The van der Waals surface area contributed by atoms with E-state index in [2.05, 4.69) is 24.3 Å². The lowest BCUT2D eigenvalue weighted by molar-refractivity contribution is -0.125. The zero-order valence-corrected chi connectivity index (χ0v) is 11.8. The lowest BCUT2D eigenvalue weighted by Crippen LogP contribution is -2.29. The number of carbonyl (C=O) groups is 1. The molecule has 102 valence electrons. The molecule has 0 saturated carbocycles. The molecule has 0 aliphatic rings. The van der Waals surface area contributed by atoms with Crippen molar-refractivity contribution in [2.75, 3.05) is 0 Å². The number of nitrogens with zero attached hydrogens (tertiary/aromatic N) is 2. The highest BCUT2D eigenvalue weighted by Gasteiger charge is 2.15. The molecule has 0 aliphatic carbocycles. The predicted octanol–water partition coefficient (Wildman–Crippen LogP) is 2.74. The molecule has 0 bridgehead atoms. The fraction of sp³-hybridized carbons (Fsp3) is 0.714. The predicted molar refractivity (Wildman–Crippen MR) is 73.1 cm³/mol. The first kappa shape index (κ1) is 14.7. The molecular weight excluding hydrogens is 226 g/mol. The quantitative estimate of drug-likeness (QED) is 0.772. The fourth-order valence-electron chi connectivity index (χ4n) is 1.98. The van der Waals surface area contributed by atoms with E-state index in [1.165, 1.54) is 0 Å². The SMILES string of the molecule is CCCCC(CC)C(=O)NCc1cnn(CC)c1. The van der Waals surface area contributed by atoms with Crippen molar-refractivity contribution in [3.8, 4) is 0 Å². The van der Waals surface area contributed by atoms with E-state index in [-0.39, 0.29) is 11.8 Å². The maximum Gasteiger partial charge on any atom is 0.223 e. The van der Waals surface area contributed by atoms with E-state index in [0.29, 0.717) is 6.54 Å². The molecule has 1 N–H and O–H groups in total. The van der Waals surface area contributed by atoms with Crippen molar-refractivity contribution < 1.29 is 4.79 Å². The third kappa shape index (κ3) is 4.51. The maximum absolute atomic E-state index is 12.0. The summed E-state index contributed by atoms with van der Waals surface area (Å²) in [4.78, 5) is 12.0. The van der Waals surface area contributed by atoms with Crippen LogP contribution in [0.25, 0.3) is 0 Å². The average molecular weight is 251 g/mol. The summed E-state index contributed by atoms with van der Waals surface area (Å²) in [5.74, 6) is 0.335. The number of aromatic nitrogens is 2. The van der Waals surface area contributed by atoms with Gasteiger partial charge in [0.1, 0.15) is 0 Å². The number of hydrogen-bond donors (Lipinski definition) is 1. The van der Waals surface area contributed by atoms with Crippen LogP contribution < -0.4 is 5.32 Å². The van der Waals surface area contributed by atoms with Gasteiger partial charge in [-0.15, -0.1) is 0 Å². The number of carbonyl (C=O) groups excluding carboxylic acids is 1. The van der Waals surface area contributed by atoms with Crippen LogP contribution in [0.5, 0.6) is 0 Å². The zero-order valence-electron chi connectivity index (χ0n) is 11.8. The van der Waals surface area contributed by atoms with Crippen molar-refractivity contribution in [2.45, 2.75) is 59.5 Å². The van der Waals surface area contributed by atoms with Gasteiger partial charge in [-0.2, -0.15) is 5.10 Å². The highest BCUT2D eigenvalue weighted by Crippen LogP contribution is 2.12. The van der Waals surface area contributed by atoms with Crippen LogP contribution in [0.4, 0.5) is 0 Å². The van der Waals surface area contributed by atoms with Gasteiger partial charge in [0.25, 0.3) is 0 Å². The van der Waals surface area contributed by atoms with E-state index >= 15 is 0 Å². The summed E-state index contributed by atoms with van der Waals surface area (Å²) in [7, 11) is 0. The van der Waals surface area contributed by atoms with Gasteiger partial charge in [-0.3, -0.25) is 9.48 Å². The lowest BCUT2D eigenvalue weighted by Gasteiger charge is -2.13. The number of rotatable bonds is 8. The van der Waals surface area contributed by atoms with Crippen molar-refractivity contribution in [2.24, 2.45) is 5.92 Å². The molecule has 1 rings (SSSR count). The number of nitrogens with one attached hydrogen (secondary N) is 1. The van der Waals surface area contributed by atoms with Crippen molar-refractivity contribution in [1.29, 1.82) is 0 Å². The van der Waals surface area contributed by atoms with Crippen LogP contribution in [0.1, 0.15) is 52.0 Å². The van der Waals surface area contributed by atoms with Crippen LogP contribution in [0, 0.1) is 5.92 Å². The van der Waals surface area contributed by atoms with Crippen LogP contribution in [-0.2, 0) is 17.9 Å². The first-order valence-corrected chi connectivity index (χ1v) is 7.00. The third-order valence-electron chi connectivity index (χ3n) is 3.25. The first-order valence-electron chi connectivity index (χ1n) is 7.00. The minimum Gasteiger partial charge on any atom is -0.352 e. The highest BCUT2D eigenvalue weighted by atomic mass is 16.1. The monoisotopic (exact) mass is 251 g/mol. The van der Waals surface area contributed by atoms with Gasteiger partial charge in [0.05, 0.1) is 6.20 Å². The Kier molecular flexibility index (Phi) is 6.47. The van der Waals surface area contributed by atoms with Gasteiger partial charge in [-0.05, 0) is 19.8 Å². The van der Waals surface area contributed by atoms with Gasteiger partial charge < -0.3 is 5.32 Å². The van der Waals surface area contributed by atoms with Gasteiger partial charge >= 0.3 is 0 Å². The van der Waals surface area contributed by atoms with Crippen molar-refractivity contribution in [3.63, 3.8) is 0 Å². The minimum atomic E-state index is 0.158. The third-order valence-corrected chi connectivity index (χ3v) is 3.25. The largest absolute Gasteiger partial charge is 0.352 e. The highest BCUT2D eigenvalue weighted by molar-refractivity contribution is 5.78. The summed E-state index contributed by atoms with van der Waals surface area (Å²) in [6.45, 7) is 7.73. The normalized spacial score (nSPS) is 12.4. The molecule has 4 nitrogen and oxygen atoms in total. The second-order valence-corrected chi connectivity index (χ2v) is 4.67. The first-order chi connectivity index (χ1) is 8.71. The van der Waals surface area contributed by atoms with Gasteiger partial charge in [-0.25, -0.2) is 0 Å². The fourth-order valence-corrected chi connectivity index (χ4v) is 1.98. The molecule has 1 amide bonds. The Hall–Kier alpha value is -1.32. The molecular formula is C14H25N3O. The molecule has 18 heavy (non-hydrogen) atoms. The molecule has 0 aliphatic heterocycles. The minimum absolute atomic E-state index is 0.158. The number of hydrogen-bond acceptors (Lipinski definition) is 2. The van der Waals surface area contributed by atoms with Crippen LogP contribution in [0.2, 0.25) is 0 Å². The van der Waals surface area contributed by atoms with Crippen LogP contribution in [0.3, 0.4) is 0 Å². The van der Waals surface area contributed by atoms with Crippen LogP contribution in [-0.4, -0.2) is 15.7 Å². The van der Waals surface area contributed by atoms with Gasteiger partial charge in [0.2, 0.25) is 5.91 Å². The van der Waals surface area contributed by atoms with Gasteiger partial charge in [0, 0.05) is 30.8 Å². The average Bonchev–Trinajstić information content (AvgIpc) is 2.85. The molecule has 0 fully saturated rings. The molecule has 0 saturated heterocycles. The molecule has 1 heterocycles. The van der Waals surface area contributed by atoms with Gasteiger partial charge in [-0.1, -0.05) is 26.7 Å². The Labute approximate surface area is 110 Å². The Morgan fingerprint density at radius 2 is 2.22 bits per heavy atom. The van der Waals surface area contributed by atoms with E-state index in [9.17, 15) is 4.79 Å². The van der Waals surface area contributed by atoms with E-state index in [1.54, 1.807) is 0 Å². The summed E-state index contributed by atoms with van der Waals surface area (Å²) in [6.07, 6.45) is 7.98. The van der Waals surface area contributed by atoms with Crippen molar-refractivity contribution >= 4 is 5.91 Å². The second kappa shape index (κ2) is 7.90. The summed E-state index contributed by atoms with van der Waals surface area (Å²) in [5.41, 5.74) is 1.07. The van der Waals surface area contributed by atoms with Crippen molar-refractivity contribution in [1.82, 2.24) is 15.1 Å². The number of amides is 1. The number of unbranched alkanes of at least 4 members (excludes halogenated alkanes) is 1. The summed E-state index contributed by atoms with van der Waals surface area (Å²) < 4.78 is 1.87. The smallest absolute Gasteiger partial charge is 0.223 e. The van der Waals surface area contributed by atoms with E-state index in [1.807, 2.05) is 24.0 Å². The summed E-state index contributed by atoms with van der Waals surface area (Å²) in [5, 5.41) is 7.20. The topological polar surface area (TPSA) is 46.9 Å². The standard InChI is InChI=1S/C14H25N3O/c1-4-7-8-13(5-2)14(18)15-9-12-10-16-17(6-3)11-12/h10-11,13H,4-9H2,1-3H3,(H,15,18). The molecule has 0 aromatic carbocycles. The Balaban J connectivity index is 2.38. The van der Waals surface area contributed by atoms with Crippen LogP contribution >= 0.6 is 0 Å². The lowest BCUT2D eigenvalue weighted by atomic mass is 9.98. The molecule has 0 radical (unpaired) electrons. The molecule has 4 heteroatoms. The number of aryl methyl sites for hydroxylation is 1. The zero-order chi connectivity index (χ0) is 13.4. The molecule has 1 aromatic rings. The maximum atomic E-state index is 12.0. The molecule has 1 atom stereocenters.